The van der Waals surface area contributed by atoms with Crippen molar-refractivity contribution in [3.63, 3.8) is 0 Å². The lowest BCUT2D eigenvalue weighted by Gasteiger charge is -2.21. The summed E-state index contributed by atoms with van der Waals surface area (Å²) >= 11 is 0. The minimum Gasteiger partial charge on any atom is -0.473 e. The second kappa shape index (κ2) is 5.77. The summed E-state index contributed by atoms with van der Waals surface area (Å²) in [5.41, 5.74) is 6.03. The minimum absolute atomic E-state index is 0.0119. The van der Waals surface area contributed by atoms with Crippen molar-refractivity contribution in [1.82, 2.24) is 4.98 Å². The van der Waals surface area contributed by atoms with Crippen molar-refractivity contribution in [3.05, 3.63) is 28.4 Å². The molecule has 98 valence electrons. The molecule has 2 N–H and O–H groups in total. The number of rotatable bonds is 3. The van der Waals surface area contributed by atoms with E-state index in [-0.39, 0.29) is 23.7 Å². The van der Waals surface area contributed by atoms with Gasteiger partial charge in [-0.1, -0.05) is 12.8 Å². The SMILES string of the molecule is NC1CCCCCC1Oc1cc([N+](=O)[O-])ccn1. The summed E-state index contributed by atoms with van der Waals surface area (Å²) < 4.78 is 5.70. The third kappa shape index (κ3) is 3.16. The van der Waals surface area contributed by atoms with E-state index >= 15 is 0 Å². The lowest BCUT2D eigenvalue weighted by atomic mass is 10.1. The monoisotopic (exact) mass is 251 g/mol. The quantitative estimate of drug-likeness (QED) is 0.504. The molecule has 0 radical (unpaired) electrons. The third-order valence-electron chi connectivity index (χ3n) is 3.21. The Morgan fingerprint density at radius 3 is 2.94 bits per heavy atom. The van der Waals surface area contributed by atoms with Gasteiger partial charge in [-0.3, -0.25) is 10.1 Å². The van der Waals surface area contributed by atoms with E-state index < -0.39 is 4.92 Å². The van der Waals surface area contributed by atoms with Gasteiger partial charge in [-0.05, 0) is 19.3 Å². The molecule has 0 bridgehead atoms. The van der Waals surface area contributed by atoms with Crippen LogP contribution in [0.4, 0.5) is 5.69 Å². The van der Waals surface area contributed by atoms with Crippen molar-refractivity contribution in [2.45, 2.75) is 44.2 Å². The normalized spacial score (nSPS) is 24.3. The van der Waals surface area contributed by atoms with E-state index in [0.29, 0.717) is 0 Å². The zero-order valence-corrected chi connectivity index (χ0v) is 10.1. The molecule has 2 rings (SSSR count). The maximum absolute atomic E-state index is 10.7. The van der Waals surface area contributed by atoms with Crippen molar-refractivity contribution in [1.29, 1.82) is 0 Å². The zero-order chi connectivity index (χ0) is 13.0. The molecule has 1 saturated carbocycles. The first-order valence-electron chi connectivity index (χ1n) is 6.19. The van der Waals surface area contributed by atoms with E-state index in [1.807, 2.05) is 0 Å². The van der Waals surface area contributed by atoms with Gasteiger partial charge >= 0.3 is 0 Å². The molecule has 6 heteroatoms. The van der Waals surface area contributed by atoms with Gasteiger partial charge < -0.3 is 10.5 Å². The minimum atomic E-state index is -0.457. The van der Waals surface area contributed by atoms with Gasteiger partial charge in [0.2, 0.25) is 5.88 Å². The van der Waals surface area contributed by atoms with E-state index in [4.69, 9.17) is 10.5 Å². The fraction of sp³-hybridized carbons (Fsp3) is 0.583. The Morgan fingerprint density at radius 1 is 1.39 bits per heavy atom. The fourth-order valence-corrected chi connectivity index (χ4v) is 2.18. The number of ether oxygens (including phenoxy) is 1. The van der Waals surface area contributed by atoms with Gasteiger partial charge in [0.15, 0.2) is 0 Å². The molecule has 1 fully saturated rings. The lowest BCUT2D eigenvalue weighted by Crippen LogP contribution is -2.38. The molecule has 1 aromatic rings. The van der Waals surface area contributed by atoms with Gasteiger partial charge in [0.05, 0.1) is 11.0 Å². The first-order valence-corrected chi connectivity index (χ1v) is 6.19. The zero-order valence-electron chi connectivity index (χ0n) is 10.1. The van der Waals surface area contributed by atoms with E-state index in [1.54, 1.807) is 0 Å². The average Bonchev–Trinajstić information content (AvgIpc) is 2.55. The maximum atomic E-state index is 10.7. The molecule has 1 aromatic heterocycles. The first-order chi connectivity index (χ1) is 8.66. The molecule has 0 aliphatic heterocycles. The second-order valence-electron chi connectivity index (χ2n) is 4.57. The molecule has 0 aromatic carbocycles. The highest BCUT2D eigenvalue weighted by molar-refractivity contribution is 5.32. The van der Waals surface area contributed by atoms with Gasteiger partial charge in [-0.25, -0.2) is 4.98 Å². The van der Waals surface area contributed by atoms with E-state index in [9.17, 15) is 10.1 Å². The molecule has 1 aliphatic carbocycles. The Labute approximate surface area is 105 Å². The van der Waals surface area contributed by atoms with Gasteiger partial charge in [-0.15, -0.1) is 0 Å². The Bertz CT molecular complexity index is 425. The first kappa shape index (κ1) is 12.8. The highest BCUT2D eigenvalue weighted by atomic mass is 16.6. The fourth-order valence-electron chi connectivity index (χ4n) is 2.18. The third-order valence-corrected chi connectivity index (χ3v) is 3.21. The number of nitrogens with two attached hydrogens (primary N) is 1. The summed E-state index contributed by atoms with van der Waals surface area (Å²) in [6.07, 6.45) is 6.45. The predicted octanol–water partition coefficient (Wildman–Crippen LogP) is 2.03. The van der Waals surface area contributed by atoms with Crippen LogP contribution in [0.1, 0.15) is 32.1 Å². The highest BCUT2D eigenvalue weighted by Crippen LogP contribution is 2.23. The number of nitro groups is 1. The Hall–Kier alpha value is -1.69. The van der Waals surface area contributed by atoms with Crippen LogP contribution in [-0.4, -0.2) is 22.1 Å². The molecule has 2 atom stereocenters. The Morgan fingerprint density at radius 2 is 2.17 bits per heavy atom. The van der Waals surface area contributed by atoms with E-state index in [2.05, 4.69) is 4.98 Å². The van der Waals surface area contributed by atoms with Crippen LogP contribution in [0, 0.1) is 10.1 Å². The van der Waals surface area contributed by atoms with Crippen molar-refractivity contribution >= 4 is 5.69 Å². The van der Waals surface area contributed by atoms with Crippen LogP contribution in [0.5, 0.6) is 5.88 Å². The molecule has 2 unspecified atom stereocenters. The molecule has 1 heterocycles. The van der Waals surface area contributed by atoms with Crippen LogP contribution in [-0.2, 0) is 0 Å². The summed E-state index contributed by atoms with van der Waals surface area (Å²) in [5, 5.41) is 10.7. The van der Waals surface area contributed by atoms with Crippen LogP contribution >= 0.6 is 0 Å². The molecule has 0 saturated heterocycles. The van der Waals surface area contributed by atoms with Gasteiger partial charge in [0.25, 0.3) is 5.69 Å². The average molecular weight is 251 g/mol. The van der Waals surface area contributed by atoms with Crippen LogP contribution < -0.4 is 10.5 Å². The smallest absolute Gasteiger partial charge is 0.276 e. The lowest BCUT2D eigenvalue weighted by molar-refractivity contribution is -0.385. The second-order valence-corrected chi connectivity index (χ2v) is 4.57. The van der Waals surface area contributed by atoms with Crippen molar-refractivity contribution in [2.24, 2.45) is 5.73 Å². The summed E-state index contributed by atoms with van der Waals surface area (Å²) in [7, 11) is 0. The van der Waals surface area contributed by atoms with Gasteiger partial charge in [0, 0.05) is 18.3 Å². The number of aromatic nitrogens is 1. The Balaban J connectivity index is 2.07. The molecule has 0 amide bonds. The maximum Gasteiger partial charge on any atom is 0.276 e. The largest absolute Gasteiger partial charge is 0.473 e. The number of nitrogens with zero attached hydrogens (tertiary/aromatic N) is 2. The van der Waals surface area contributed by atoms with Gasteiger partial charge in [-0.2, -0.15) is 0 Å². The van der Waals surface area contributed by atoms with Crippen LogP contribution in [0.25, 0.3) is 0 Å². The van der Waals surface area contributed by atoms with E-state index in [0.717, 1.165) is 32.1 Å². The molecular formula is C12H17N3O3. The summed E-state index contributed by atoms with van der Waals surface area (Å²) in [5.74, 6) is 0.284. The standard InChI is InChI=1S/C12H17N3O3/c13-10-4-2-1-3-5-11(10)18-12-8-9(15(16)17)6-7-14-12/h6-8,10-11H,1-5,13H2. The van der Waals surface area contributed by atoms with Crippen LogP contribution in [0.15, 0.2) is 18.3 Å². The van der Waals surface area contributed by atoms with Crippen molar-refractivity contribution in [3.8, 4) is 5.88 Å². The van der Waals surface area contributed by atoms with Crippen LogP contribution in [0.2, 0.25) is 0 Å². The number of hydrogen-bond donors (Lipinski definition) is 1. The molecule has 18 heavy (non-hydrogen) atoms. The summed E-state index contributed by atoms with van der Waals surface area (Å²) in [4.78, 5) is 14.2. The highest BCUT2D eigenvalue weighted by Gasteiger charge is 2.23. The molecule has 1 aliphatic rings. The molecule has 0 spiro atoms. The Kier molecular flexibility index (Phi) is 4.09. The summed E-state index contributed by atoms with van der Waals surface area (Å²) in [6.45, 7) is 0. The molecule has 6 nitrogen and oxygen atoms in total. The topological polar surface area (TPSA) is 91.3 Å². The number of hydrogen-bond acceptors (Lipinski definition) is 5. The number of pyridine rings is 1. The summed E-state index contributed by atoms with van der Waals surface area (Å²) in [6, 6.07) is 2.67. The van der Waals surface area contributed by atoms with Crippen molar-refractivity contribution in [2.75, 3.05) is 0 Å². The van der Waals surface area contributed by atoms with Crippen molar-refractivity contribution < 1.29 is 9.66 Å². The van der Waals surface area contributed by atoms with Gasteiger partial charge in [0.1, 0.15) is 6.10 Å². The van der Waals surface area contributed by atoms with Crippen LogP contribution in [0.3, 0.4) is 0 Å². The van der Waals surface area contributed by atoms with E-state index in [1.165, 1.54) is 18.3 Å². The molecular weight excluding hydrogens is 234 g/mol. The predicted molar refractivity (Wildman–Crippen MR) is 66.4 cm³/mol.